The Labute approximate surface area is 152 Å². The second-order valence-electron chi connectivity index (χ2n) is 7.57. The van der Waals surface area contributed by atoms with Crippen molar-refractivity contribution in [3.8, 4) is 0 Å². The molecule has 142 valence electrons. The molecule has 0 bridgehead atoms. The number of carbonyl (C=O) groups is 2. The zero-order valence-corrected chi connectivity index (χ0v) is 14.8. The largest absolute Gasteiger partial charge is 0.478 e. The molecule has 3 rings (SSSR count). The van der Waals surface area contributed by atoms with E-state index >= 15 is 0 Å². The highest BCUT2D eigenvalue weighted by Gasteiger charge is 2.39. The van der Waals surface area contributed by atoms with Gasteiger partial charge in [0.15, 0.2) is 0 Å². The molecule has 0 atom stereocenters. The highest BCUT2D eigenvalue weighted by molar-refractivity contribution is 5.89. The van der Waals surface area contributed by atoms with Gasteiger partial charge in [0.1, 0.15) is 0 Å². The first kappa shape index (κ1) is 18.8. The summed E-state index contributed by atoms with van der Waals surface area (Å²) in [6.45, 7) is 1.26. The van der Waals surface area contributed by atoms with Crippen LogP contribution in [0.15, 0.2) is 24.3 Å². The Bertz CT molecular complexity index is 659. The average Bonchev–Trinajstić information content (AvgIpc) is 2.62. The first-order valence-corrected chi connectivity index (χ1v) is 9.33. The van der Waals surface area contributed by atoms with Crippen molar-refractivity contribution in [2.24, 2.45) is 11.8 Å². The highest BCUT2D eigenvalue weighted by Crippen LogP contribution is 2.37. The van der Waals surface area contributed by atoms with Crippen LogP contribution in [-0.2, 0) is 11.2 Å². The summed E-state index contributed by atoms with van der Waals surface area (Å²) in [7, 11) is 0. The summed E-state index contributed by atoms with van der Waals surface area (Å²) >= 11 is 0. The number of halogens is 2. The van der Waals surface area contributed by atoms with Crippen LogP contribution in [0.5, 0.6) is 0 Å². The monoisotopic (exact) mass is 365 g/mol. The van der Waals surface area contributed by atoms with Gasteiger partial charge >= 0.3 is 5.97 Å². The first-order chi connectivity index (χ1) is 12.4. The Morgan fingerprint density at radius 2 is 1.69 bits per heavy atom. The number of benzene rings is 1. The van der Waals surface area contributed by atoms with E-state index < -0.39 is 11.9 Å². The molecule has 1 aliphatic carbocycles. The van der Waals surface area contributed by atoms with Crippen molar-refractivity contribution >= 4 is 11.9 Å². The molecule has 1 saturated heterocycles. The number of likely N-dealkylation sites (tertiary alicyclic amines) is 1. The smallest absolute Gasteiger partial charge is 0.335 e. The van der Waals surface area contributed by atoms with E-state index in [1.54, 1.807) is 12.1 Å². The fourth-order valence-electron chi connectivity index (χ4n) is 4.12. The van der Waals surface area contributed by atoms with Crippen LogP contribution in [-0.4, -0.2) is 40.9 Å². The van der Waals surface area contributed by atoms with Crippen molar-refractivity contribution in [3.63, 3.8) is 0 Å². The molecule has 0 spiro atoms. The molecule has 1 heterocycles. The molecule has 0 unspecified atom stereocenters. The molecule has 1 amide bonds. The molecular weight excluding hydrogens is 340 g/mol. The first-order valence-electron chi connectivity index (χ1n) is 9.33. The molecule has 0 radical (unpaired) electrons. The van der Waals surface area contributed by atoms with Gasteiger partial charge in [-0.2, -0.15) is 0 Å². The van der Waals surface area contributed by atoms with E-state index in [-0.39, 0.29) is 37.5 Å². The minimum Gasteiger partial charge on any atom is -0.478 e. The number of rotatable bonds is 4. The fourth-order valence-corrected chi connectivity index (χ4v) is 4.12. The van der Waals surface area contributed by atoms with Crippen LogP contribution in [0, 0.1) is 11.8 Å². The molecule has 2 aliphatic rings. The lowest BCUT2D eigenvalue weighted by Gasteiger charge is -2.36. The van der Waals surface area contributed by atoms with E-state index in [9.17, 15) is 23.5 Å². The number of carbonyl (C=O) groups excluding carboxylic acids is 1. The SMILES string of the molecule is O=C(O)c1ccccc1CC1CCN(C(=O)C2CCC(F)(F)CC2)CC1. The second-order valence-corrected chi connectivity index (χ2v) is 7.57. The molecule has 1 aliphatic heterocycles. The normalized spacial score (nSPS) is 21.5. The van der Waals surface area contributed by atoms with E-state index in [1.807, 2.05) is 17.0 Å². The quantitative estimate of drug-likeness (QED) is 0.878. The lowest BCUT2D eigenvalue weighted by atomic mass is 9.84. The maximum atomic E-state index is 13.3. The molecule has 6 heteroatoms. The van der Waals surface area contributed by atoms with E-state index in [0.29, 0.717) is 31.0 Å². The van der Waals surface area contributed by atoms with Crippen molar-refractivity contribution in [3.05, 3.63) is 35.4 Å². The Kier molecular flexibility index (Phi) is 5.58. The van der Waals surface area contributed by atoms with Crippen molar-refractivity contribution in [2.45, 2.75) is 50.9 Å². The number of nitrogens with zero attached hydrogens (tertiary/aromatic N) is 1. The predicted molar refractivity (Wildman–Crippen MR) is 93.3 cm³/mol. The number of hydrogen-bond donors (Lipinski definition) is 1. The van der Waals surface area contributed by atoms with Crippen LogP contribution in [0.1, 0.15) is 54.4 Å². The maximum absolute atomic E-state index is 13.3. The number of hydrogen-bond acceptors (Lipinski definition) is 2. The summed E-state index contributed by atoms with van der Waals surface area (Å²) in [5.41, 5.74) is 1.17. The minimum atomic E-state index is -2.61. The number of alkyl halides is 2. The Hall–Kier alpha value is -1.98. The standard InChI is InChI=1S/C20H25F2NO3/c21-20(22)9-5-15(6-10-20)18(24)23-11-7-14(8-12-23)13-16-3-1-2-4-17(16)19(25)26/h1-4,14-15H,5-13H2,(H,25,26). The van der Waals surface area contributed by atoms with Gasteiger partial charge in [-0.3, -0.25) is 4.79 Å². The molecule has 1 aromatic rings. The molecule has 1 saturated carbocycles. The zero-order valence-electron chi connectivity index (χ0n) is 14.8. The van der Waals surface area contributed by atoms with Crippen LogP contribution in [0.4, 0.5) is 8.78 Å². The summed E-state index contributed by atoms with van der Waals surface area (Å²) in [6.07, 6.45) is 2.51. The van der Waals surface area contributed by atoms with Gasteiger partial charge in [0.2, 0.25) is 11.8 Å². The second kappa shape index (κ2) is 7.72. The van der Waals surface area contributed by atoms with Gasteiger partial charge in [-0.1, -0.05) is 18.2 Å². The summed E-state index contributed by atoms with van der Waals surface area (Å²) < 4.78 is 26.5. The Morgan fingerprint density at radius 3 is 2.31 bits per heavy atom. The molecule has 26 heavy (non-hydrogen) atoms. The third-order valence-electron chi connectivity index (χ3n) is 5.75. The van der Waals surface area contributed by atoms with E-state index in [4.69, 9.17) is 0 Å². The Balaban J connectivity index is 1.52. The topological polar surface area (TPSA) is 57.6 Å². The number of amides is 1. The van der Waals surface area contributed by atoms with Gasteiger partial charge in [0, 0.05) is 31.8 Å². The summed E-state index contributed by atoms with van der Waals surface area (Å²) in [5, 5.41) is 9.28. The number of carboxylic acids is 1. The highest BCUT2D eigenvalue weighted by atomic mass is 19.3. The fraction of sp³-hybridized carbons (Fsp3) is 0.600. The van der Waals surface area contributed by atoms with Crippen molar-refractivity contribution < 1.29 is 23.5 Å². The Morgan fingerprint density at radius 1 is 1.08 bits per heavy atom. The van der Waals surface area contributed by atoms with Crippen LogP contribution in [0.2, 0.25) is 0 Å². The van der Waals surface area contributed by atoms with E-state index in [1.165, 1.54) is 0 Å². The summed E-state index contributed by atoms with van der Waals surface area (Å²) in [5.74, 6) is -3.43. The van der Waals surface area contributed by atoms with E-state index in [0.717, 1.165) is 18.4 Å². The number of piperidine rings is 1. The van der Waals surface area contributed by atoms with Crippen LogP contribution >= 0.6 is 0 Å². The van der Waals surface area contributed by atoms with E-state index in [2.05, 4.69) is 0 Å². The minimum absolute atomic E-state index is 0.0184. The van der Waals surface area contributed by atoms with Crippen molar-refractivity contribution in [1.82, 2.24) is 4.90 Å². The van der Waals surface area contributed by atoms with Gasteiger partial charge in [0.05, 0.1) is 5.56 Å². The van der Waals surface area contributed by atoms with Gasteiger partial charge in [-0.25, -0.2) is 13.6 Å². The van der Waals surface area contributed by atoms with Crippen molar-refractivity contribution in [1.29, 1.82) is 0 Å². The lowest BCUT2D eigenvalue weighted by Crippen LogP contribution is -2.43. The van der Waals surface area contributed by atoms with Crippen LogP contribution in [0.25, 0.3) is 0 Å². The lowest BCUT2D eigenvalue weighted by molar-refractivity contribution is -0.141. The molecule has 1 N–H and O–H groups in total. The van der Waals surface area contributed by atoms with Crippen molar-refractivity contribution in [2.75, 3.05) is 13.1 Å². The number of aromatic carboxylic acids is 1. The van der Waals surface area contributed by atoms with Gasteiger partial charge in [-0.15, -0.1) is 0 Å². The molecule has 0 aromatic heterocycles. The average molecular weight is 365 g/mol. The summed E-state index contributed by atoms with van der Waals surface area (Å²) in [4.78, 5) is 25.7. The molecule has 2 fully saturated rings. The van der Waals surface area contributed by atoms with Gasteiger partial charge in [-0.05, 0) is 49.7 Å². The zero-order chi connectivity index (χ0) is 18.7. The summed E-state index contributed by atoms with van der Waals surface area (Å²) in [6, 6.07) is 7.04. The van der Waals surface area contributed by atoms with Gasteiger partial charge in [0.25, 0.3) is 0 Å². The molecular formula is C20H25F2NO3. The van der Waals surface area contributed by atoms with Crippen LogP contribution < -0.4 is 0 Å². The number of carboxylic acid groups (broad SMARTS) is 1. The third-order valence-corrected chi connectivity index (χ3v) is 5.75. The maximum Gasteiger partial charge on any atom is 0.335 e. The predicted octanol–water partition coefficient (Wildman–Crippen LogP) is 3.99. The molecule has 4 nitrogen and oxygen atoms in total. The van der Waals surface area contributed by atoms with Crippen LogP contribution in [0.3, 0.4) is 0 Å². The molecule has 1 aromatic carbocycles. The third kappa shape index (κ3) is 4.40. The van der Waals surface area contributed by atoms with Gasteiger partial charge < -0.3 is 10.0 Å².